The van der Waals surface area contributed by atoms with E-state index in [-0.39, 0.29) is 0 Å². The molecule has 2 rings (SSSR count). The first kappa shape index (κ1) is 23.4. The van der Waals surface area contributed by atoms with E-state index < -0.39 is 12.3 Å². The van der Waals surface area contributed by atoms with Crippen LogP contribution in [0.15, 0.2) is 24.3 Å². The molecule has 1 atom stereocenters. The van der Waals surface area contributed by atoms with Crippen LogP contribution in [0.3, 0.4) is 0 Å². The van der Waals surface area contributed by atoms with Crippen molar-refractivity contribution in [3.05, 3.63) is 24.3 Å². The van der Waals surface area contributed by atoms with Crippen LogP contribution in [0.2, 0.25) is 0 Å². The molecular weight excluding hydrogens is 370 g/mol. The van der Waals surface area contributed by atoms with Gasteiger partial charge in [0, 0.05) is 45.0 Å². The molecule has 1 aliphatic heterocycles. The molecule has 1 aromatic carbocycles. The van der Waals surface area contributed by atoms with Crippen molar-refractivity contribution in [1.29, 1.82) is 0 Å². The molecule has 0 aromatic heterocycles. The predicted molar refractivity (Wildman–Crippen MR) is 116 cm³/mol. The number of unbranched alkanes of at least 4 members (excludes halogenated alkanes) is 4. The van der Waals surface area contributed by atoms with E-state index in [1.807, 2.05) is 24.3 Å². The molecule has 1 unspecified atom stereocenters. The first-order chi connectivity index (χ1) is 14.1. The van der Waals surface area contributed by atoms with E-state index in [9.17, 15) is 4.79 Å². The van der Waals surface area contributed by atoms with Crippen LogP contribution in [0, 0.1) is 0 Å². The second-order valence-corrected chi connectivity index (χ2v) is 7.57. The Labute approximate surface area is 175 Å². The number of carbonyl (C=O) groups is 1. The Morgan fingerprint density at radius 3 is 2.62 bits per heavy atom. The summed E-state index contributed by atoms with van der Waals surface area (Å²) >= 11 is 0. The first-order valence-electron chi connectivity index (χ1n) is 10.7. The Bertz CT molecular complexity index is 591. The van der Waals surface area contributed by atoms with Crippen molar-refractivity contribution in [2.75, 3.05) is 58.9 Å². The molecule has 0 bridgehead atoms. The van der Waals surface area contributed by atoms with Gasteiger partial charge in [-0.2, -0.15) is 0 Å². The summed E-state index contributed by atoms with van der Waals surface area (Å²) in [4.78, 5) is 16.8. The lowest BCUT2D eigenvalue weighted by atomic mass is 10.2. The minimum absolute atomic E-state index is 0.346. The van der Waals surface area contributed by atoms with Gasteiger partial charge in [-0.1, -0.05) is 38.7 Å². The molecule has 1 fully saturated rings. The summed E-state index contributed by atoms with van der Waals surface area (Å²) in [6.07, 6.45) is 5.13. The summed E-state index contributed by atoms with van der Waals surface area (Å²) in [5, 5.41) is 2.80. The zero-order valence-corrected chi connectivity index (χ0v) is 18.2. The number of carbonyl (C=O) groups excluding carboxylic acids is 1. The summed E-state index contributed by atoms with van der Waals surface area (Å²) in [5.41, 5.74) is 0.660. The van der Waals surface area contributed by atoms with Crippen molar-refractivity contribution in [3.8, 4) is 5.75 Å². The number of rotatable bonds is 12. The molecule has 1 heterocycles. The maximum Gasteiger partial charge on any atom is 0.413 e. The van der Waals surface area contributed by atoms with Gasteiger partial charge in [-0.15, -0.1) is 0 Å². The largest absolute Gasteiger partial charge is 0.494 e. The van der Waals surface area contributed by atoms with Crippen LogP contribution < -0.4 is 10.1 Å². The molecule has 1 amide bonds. The van der Waals surface area contributed by atoms with E-state index in [1.165, 1.54) is 25.7 Å². The lowest BCUT2D eigenvalue weighted by Crippen LogP contribution is -2.52. The number of hydrogen-bond donors (Lipinski definition) is 1. The molecule has 0 spiro atoms. The van der Waals surface area contributed by atoms with Crippen LogP contribution in [-0.2, 0) is 9.47 Å². The number of amides is 1. The molecule has 1 aromatic rings. The van der Waals surface area contributed by atoms with Crippen molar-refractivity contribution >= 4 is 11.8 Å². The van der Waals surface area contributed by atoms with E-state index in [4.69, 9.17) is 14.2 Å². The molecule has 164 valence electrons. The predicted octanol–water partition coefficient (Wildman–Crippen LogP) is 3.80. The molecule has 7 heteroatoms. The monoisotopic (exact) mass is 407 g/mol. The zero-order valence-electron chi connectivity index (χ0n) is 18.2. The molecule has 0 aliphatic carbocycles. The van der Waals surface area contributed by atoms with E-state index >= 15 is 0 Å². The molecule has 0 radical (unpaired) electrons. The first-order valence-corrected chi connectivity index (χ1v) is 10.7. The third-order valence-corrected chi connectivity index (χ3v) is 5.09. The Balaban J connectivity index is 1.79. The van der Waals surface area contributed by atoms with E-state index in [1.54, 1.807) is 7.11 Å². The third-order valence-electron chi connectivity index (χ3n) is 5.09. The van der Waals surface area contributed by atoms with Crippen LogP contribution in [0.25, 0.3) is 0 Å². The highest BCUT2D eigenvalue weighted by molar-refractivity contribution is 5.84. The lowest BCUT2D eigenvalue weighted by Gasteiger charge is -2.36. The highest BCUT2D eigenvalue weighted by Crippen LogP contribution is 2.19. The third kappa shape index (κ3) is 9.02. The number of nitrogens with one attached hydrogen (secondary N) is 1. The normalized spacial score (nSPS) is 16.4. The summed E-state index contributed by atoms with van der Waals surface area (Å²) in [6.45, 7) is 6.84. The number of likely N-dealkylation sites (N-methyl/N-ethyl adjacent to an activating group) is 1. The van der Waals surface area contributed by atoms with Crippen molar-refractivity contribution in [3.63, 3.8) is 0 Å². The van der Waals surface area contributed by atoms with Crippen molar-refractivity contribution in [1.82, 2.24) is 9.80 Å². The summed E-state index contributed by atoms with van der Waals surface area (Å²) < 4.78 is 16.7. The molecule has 1 saturated heterocycles. The number of anilines is 1. The highest BCUT2D eigenvalue weighted by Gasteiger charge is 2.25. The minimum Gasteiger partial charge on any atom is -0.494 e. The fraction of sp³-hybridized carbons (Fsp3) is 0.682. The smallest absolute Gasteiger partial charge is 0.413 e. The van der Waals surface area contributed by atoms with Crippen LogP contribution >= 0.6 is 0 Å². The number of benzene rings is 1. The number of nitrogens with zero attached hydrogens (tertiary/aromatic N) is 2. The van der Waals surface area contributed by atoms with Crippen LogP contribution in [0.4, 0.5) is 10.5 Å². The van der Waals surface area contributed by atoms with Gasteiger partial charge in [-0.05, 0) is 25.6 Å². The Morgan fingerprint density at radius 2 is 1.90 bits per heavy atom. The quantitative estimate of drug-likeness (QED) is 0.532. The second kappa shape index (κ2) is 13.4. The number of ether oxygens (including phenoxy) is 3. The summed E-state index contributed by atoms with van der Waals surface area (Å²) in [6, 6.07) is 7.43. The van der Waals surface area contributed by atoms with Gasteiger partial charge >= 0.3 is 6.09 Å². The van der Waals surface area contributed by atoms with Gasteiger partial charge in [-0.3, -0.25) is 10.2 Å². The van der Waals surface area contributed by atoms with Crippen molar-refractivity contribution in [2.24, 2.45) is 0 Å². The minimum atomic E-state index is -0.484. The van der Waals surface area contributed by atoms with Gasteiger partial charge < -0.3 is 19.1 Å². The van der Waals surface area contributed by atoms with Crippen molar-refractivity contribution < 1.29 is 19.0 Å². The maximum atomic E-state index is 12.4. The SMILES string of the molecule is CCCCCCCOc1cccc(NC(=O)OC(COC)N2CCN(C)CC2)c1. The molecule has 29 heavy (non-hydrogen) atoms. The zero-order chi connectivity index (χ0) is 20.9. The number of hydrogen-bond acceptors (Lipinski definition) is 6. The number of piperazine rings is 1. The average molecular weight is 408 g/mol. The molecule has 1 N–H and O–H groups in total. The summed E-state index contributed by atoms with van der Waals surface area (Å²) in [5.74, 6) is 0.755. The molecule has 0 saturated carbocycles. The lowest BCUT2D eigenvalue weighted by molar-refractivity contribution is -0.0658. The Kier molecular flexibility index (Phi) is 10.8. The highest BCUT2D eigenvalue weighted by atomic mass is 16.6. The van der Waals surface area contributed by atoms with Gasteiger partial charge in [0.1, 0.15) is 5.75 Å². The average Bonchev–Trinajstić information content (AvgIpc) is 2.71. The van der Waals surface area contributed by atoms with Crippen LogP contribution in [-0.4, -0.2) is 75.7 Å². The van der Waals surface area contributed by atoms with Gasteiger partial charge in [0.15, 0.2) is 6.23 Å². The standard InChI is InChI=1S/C22H37N3O4/c1-4-5-6-7-8-16-28-20-11-9-10-19(17-20)23-22(26)29-21(18-27-3)25-14-12-24(2)13-15-25/h9-11,17,21H,4-8,12-16,18H2,1-3H3,(H,23,26). The Morgan fingerprint density at radius 1 is 1.14 bits per heavy atom. The van der Waals surface area contributed by atoms with Crippen LogP contribution in [0.1, 0.15) is 39.0 Å². The molecule has 1 aliphatic rings. The Hall–Kier alpha value is -1.83. The van der Waals surface area contributed by atoms with E-state index in [0.29, 0.717) is 18.9 Å². The van der Waals surface area contributed by atoms with E-state index in [0.717, 1.165) is 38.3 Å². The summed E-state index contributed by atoms with van der Waals surface area (Å²) in [7, 11) is 3.71. The number of methoxy groups -OCH3 is 1. The van der Waals surface area contributed by atoms with Crippen LogP contribution in [0.5, 0.6) is 5.75 Å². The maximum absolute atomic E-state index is 12.4. The van der Waals surface area contributed by atoms with Crippen molar-refractivity contribution in [2.45, 2.75) is 45.3 Å². The fourth-order valence-electron chi connectivity index (χ4n) is 3.30. The van der Waals surface area contributed by atoms with Gasteiger partial charge in [0.05, 0.1) is 13.2 Å². The van der Waals surface area contributed by atoms with Gasteiger partial charge in [0.25, 0.3) is 0 Å². The topological polar surface area (TPSA) is 63.3 Å². The molecule has 7 nitrogen and oxygen atoms in total. The van der Waals surface area contributed by atoms with Gasteiger partial charge in [0.2, 0.25) is 0 Å². The van der Waals surface area contributed by atoms with E-state index in [2.05, 4.69) is 29.1 Å². The fourth-order valence-corrected chi connectivity index (χ4v) is 3.30. The second-order valence-electron chi connectivity index (χ2n) is 7.57. The van der Waals surface area contributed by atoms with Gasteiger partial charge in [-0.25, -0.2) is 4.79 Å². The molecular formula is C22H37N3O4.